The van der Waals surface area contributed by atoms with Crippen molar-refractivity contribution >= 4 is 5.91 Å². The number of piperidine rings is 2. The molecule has 1 amide bonds. The van der Waals surface area contributed by atoms with Crippen LogP contribution in [0.1, 0.15) is 51.9 Å². The zero-order valence-corrected chi connectivity index (χ0v) is 12.6. The van der Waals surface area contributed by atoms with Gasteiger partial charge in [-0.2, -0.15) is 0 Å². The molecule has 0 radical (unpaired) electrons. The van der Waals surface area contributed by atoms with Gasteiger partial charge in [0.15, 0.2) is 0 Å². The second-order valence-electron chi connectivity index (χ2n) is 7.16. The third-order valence-corrected chi connectivity index (χ3v) is 5.75. The van der Waals surface area contributed by atoms with Gasteiger partial charge in [0, 0.05) is 31.6 Å². The summed E-state index contributed by atoms with van der Waals surface area (Å²) < 4.78 is 0. The number of carbonyl (C=O) groups is 1. The maximum Gasteiger partial charge on any atom is 0.226 e. The Kier molecular flexibility index (Phi) is 4.04. The highest BCUT2D eigenvalue weighted by molar-refractivity contribution is 5.79. The van der Waals surface area contributed by atoms with E-state index in [4.69, 9.17) is 0 Å². The molecule has 114 valence electrons. The second kappa shape index (κ2) is 5.64. The smallest absolute Gasteiger partial charge is 0.226 e. The predicted octanol–water partition coefficient (Wildman–Crippen LogP) is 1.53. The van der Waals surface area contributed by atoms with Crippen LogP contribution in [0.3, 0.4) is 0 Å². The Morgan fingerprint density at radius 3 is 2.85 bits per heavy atom. The zero-order chi connectivity index (χ0) is 14.2. The number of hydrogen-bond acceptors (Lipinski definition) is 3. The fraction of sp³-hybridized carbons (Fsp3) is 0.938. The molecular formula is C16H28N2O2. The van der Waals surface area contributed by atoms with Crippen molar-refractivity contribution in [2.45, 2.75) is 63.5 Å². The van der Waals surface area contributed by atoms with Crippen LogP contribution in [0.25, 0.3) is 0 Å². The largest absolute Gasteiger partial charge is 0.389 e. The van der Waals surface area contributed by atoms with Crippen molar-refractivity contribution in [2.75, 3.05) is 19.6 Å². The number of rotatable bonds is 1. The van der Waals surface area contributed by atoms with E-state index in [1.807, 2.05) is 4.90 Å². The van der Waals surface area contributed by atoms with Gasteiger partial charge >= 0.3 is 0 Å². The Bertz CT molecular complexity index is 365. The summed E-state index contributed by atoms with van der Waals surface area (Å²) in [7, 11) is 0. The Labute approximate surface area is 121 Å². The van der Waals surface area contributed by atoms with Crippen LogP contribution in [-0.2, 0) is 4.79 Å². The maximum atomic E-state index is 12.6. The molecule has 4 nitrogen and oxygen atoms in total. The molecule has 2 heterocycles. The lowest BCUT2D eigenvalue weighted by Gasteiger charge is -2.48. The fourth-order valence-corrected chi connectivity index (χ4v) is 4.24. The van der Waals surface area contributed by atoms with Crippen LogP contribution in [0.15, 0.2) is 0 Å². The summed E-state index contributed by atoms with van der Waals surface area (Å²) in [4.78, 5) is 14.7. The van der Waals surface area contributed by atoms with Gasteiger partial charge in [0.25, 0.3) is 0 Å². The van der Waals surface area contributed by atoms with Crippen molar-refractivity contribution in [3.8, 4) is 0 Å². The number of fused-ring (bicyclic) bond motifs is 1. The number of carbonyl (C=O) groups excluding carboxylic acids is 1. The fourth-order valence-electron chi connectivity index (χ4n) is 4.24. The standard InChI is InChI=1S/C16H28N2O2/c1-12-5-6-13(10-17-12)15(19)18-9-8-16(20)7-3-2-4-14(16)11-18/h12-14,17,20H,2-11H2,1H3. The average Bonchev–Trinajstić information content (AvgIpc) is 2.46. The normalized spacial score (nSPS) is 42.1. The van der Waals surface area contributed by atoms with Crippen LogP contribution in [-0.4, -0.2) is 47.2 Å². The number of nitrogens with one attached hydrogen (secondary N) is 1. The first-order chi connectivity index (χ1) is 9.58. The van der Waals surface area contributed by atoms with Crippen molar-refractivity contribution in [3.63, 3.8) is 0 Å². The minimum atomic E-state index is -0.478. The molecular weight excluding hydrogens is 252 g/mol. The molecule has 20 heavy (non-hydrogen) atoms. The number of likely N-dealkylation sites (tertiary alicyclic amines) is 1. The maximum absolute atomic E-state index is 12.6. The van der Waals surface area contributed by atoms with E-state index in [0.29, 0.717) is 17.9 Å². The van der Waals surface area contributed by atoms with Gasteiger partial charge in [-0.15, -0.1) is 0 Å². The summed E-state index contributed by atoms with van der Waals surface area (Å²) >= 11 is 0. The van der Waals surface area contributed by atoms with Crippen LogP contribution in [0.4, 0.5) is 0 Å². The molecule has 2 N–H and O–H groups in total. The Morgan fingerprint density at radius 2 is 2.10 bits per heavy atom. The summed E-state index contributed by atoms with van der Waals surface area (Å²) in [5.41, 5.74) is -0.478. The van der Waals surface area contributed by atoms with Crippen LogP contribution in [0, 0.1) is 11.8 Å². The minimum Gasteiger partial charge on any atom is -0.389 e. The van der Waals surface area contributed by atoms with Crippen LogP contribution < -0.4 is 5.32 Å². The molecule has 1 aliphatic carbocycles. The second-order valence-corrected chi connectivity index (χ2v) is 7.16. The molecule has 2 aliphatic heterocycles. The number of nitrogens with zero attached hydrogens (tertiary/aromatic N) is 1. The zero-order valence-electron chi connectivity index (χ0n) is 12.6. The Balaban J connectivity index is 1.60. The first-order valence-corrected chi connectivity index (χ1v) is 8.33. The third kappa shape index (κ3) is 2.73. The van der Waals surface area contributed by atoms with Gasteiger partial charge in [0.05, 0.1) is 11.5 Å². The van der Waals surface area contributed by atoms with E-state index in [2.05, 4.69) is 12.2 Å². The molecule has 1 saturated carbocycles. The highest BCUT2D eigenvalue weighted by Gasteiger charge is 2.44. The third-order valence-electron chi connectivity index (χ3n) is 5.75. The van der Waals surface area contributed by atoms with Gasteiger partial charge in [0.1, 0.15) is 0 Å². The predicted molar refractivity (Wildman–Crippen MR) is 78.3 cm³/mol. The van der Waals surface area contributed by atoms with Crippen molar-refractivity contribution in [1.82, 2.24) is 10.2 Å². The molecule has 4 unspecified atom stereocenters. The van der Waals surface area contributed by atoms with Crippen LogP contribution in [0.2, 0.25) is 0 Å². The molecule has 3 rings (SSSR count). The molecule has 0 spiro atoms. The van der Waals surface area contributed by atoms with E-state index in [0.717, 1.165) is 58.2 Å². The topological polar surface area (TPSA) is 52.6 Å². The van der Waals surface area contributed by atoms with E-state index < -0.39 is 5.60 Å². The Morgan fingerprint density at radius 1 is 1.25 bits per heavy atom. The van der Waals surface area contributed by atoms with Crippen molar-refractivity contribution in [1.29, 1.82) is 0 Å². The molecule has 2 saturated heterocycles. The molecule has 4 atom stereocenters. The van der Waals surface area contributed by atoms with Crippen LogP contribution >= 0.6 is 0 Å². The first kappa shape index (κ1) is 14.3. The lowest BCUT2D eigenvalue weighted by molar-refractivity contribution is -0.148. The van der Waals surface area contributed by atoms with Gasteiger partial charge in [-0.3, -0.25) is 4.79 Å². The van der Waals surface area contributed by atoms with Crippen LogP contribution in [0.5, 0.6) is 0 Å². The SMILES string of the molecule is CC1CCC(C(=O)N2CCC3(O)CCCCC3C2)CN1. The highest BCUT2D eigenvalue weighted by atomic mass is 16.3. The van der Waals surface area contributed by atoms with Gasteiger partial charge in [0.2, 0.25) is 5.91 Å². The first-order valence-electron chi connectivity index (χ1n) is 8.33. The van der Waals surface area contributed by atoms with E-state index >= 15 is 0 Å². The number of amides is 1. The van der Waals surface area contributed by atoms with Gasteiger partial charge in [-0.25, -0.2) is 0 Å². The molecule has 3 fully saturated rings. The number of hydrogen-bond donors (Lipinski definition) is 2. The molecule has 3 aliphatic rings. The van der Waals surface area contributed by atoms with E-state index in [1.54, 1.807) is 0 Å². The lowest BCUT2D eigenvalue weighted by Crippen LogP contribution is -2.56. The number of aliphatic hydroxyl groups is 1. The Hall–Kier alpha value is -0.610. The van der Waals surface area contributed by atoms with E-state index in [1.165, 1.54) is 6.42 Å². The summed E-state index contributed by atoms with van der Waals surface area (Å²) in [6.07, 6.45) is 7.25. The highest BCUT2D eigenvalue weighted by Crippen LogP contribution is 2.40. The van der Waals surface area contributed by atoms with Gasteiger partial charge in [-0.1, -0.05) is 12.8 Å². The molecule has 0 aromatic rings. The quantitative estimate of drug-likeness (QED) is 0.766. The summed E-state index contributed by atoms with van der Waals surface area (Å²) in [5.74, 6) is 0.780. The van der Waals surface area contributed by atoms with Crippen molar-refractivity contribution in [2.24, 2.45) is 11.8 Å². The van der Waals surface area contributed by atoms with Crippen molar-refractivity contribution in [3.05, 3.63) is 0 Å². The van der Waals surface area contributed by atoms with Gasteiger partial charge in [-0.05, 0) is 39.0 Å². The minimum absolute atomic E-state index is 0.154. The summed E-state index contributed by atoms with van der Waals surface area (Å²) in [6, 6.07) is 0.545. The van der Waals surface area contributed by atoms with E-state index in [9.17, 15) is 9.90 Å². The van der Waals surface area contributed by atoms with E-state index in [-0.39, 0.29) is 5.92 Å². The molecule has 4 heteroatoms. The molecule has 0 bridgehead atoms. The summed E-state index contributed by atoms with van der Waals surface area (Å²) in [5, 5.41) is 14.1. The van der Waals surface area contributed by atoms with Crippen molar-refractivity contribution < 1.29 is 9.90 Å². The van der Waals surface area contributed by atoms with Gasteiger partial charge < -0.3 is 15.3 Å². The summed E-state index contributed by atoms with van der Waals surface area (Å²) in [6.45, 7) is 4.54. The lowest BCUT2D eigenvalue weighted by atomic mass is 9.71. The average molecular weight is 280 g/mol. The molecule has 0 aromatic carbocycles. The molecule has 0 aromatic heterocycles. The monoisotopic (exact) mass is 280 g/mol.